The van der Waals surface area contributed by atoms with Crippen molar-refractivity contribution in [2.75, 3.05) is 32.5 Å². The molecule has 1 fully saturated rings. The normalized spacial score (nSPS) is 16.5. The first-order valence-corrected chi connectivity index (χ1v) is 13.1. The van der Waals surface area contributed by atoms with E-state index in [-0.39, 0.29) is 41.5 Å². The van der Waals surface area contributed by atoms with Gasteiger partial charge in [-0.3, -0.25) is 9.78 Å². The molecule has 0 unspecified atom stereocenters. The fraction of sp³-hybridized carbons (Fsp3) is 0.407. The number of hydrogen-bond donors (Lipinski definition) is 1. The topological polar surface area (TPSA) is 62.7 Å². The molecule has 1 atom stereocenters. The Hall–Kier alpha value is -2.92. The average Bonchev–Trinajstić information content (AvgIpc) is 2.90. The maximum atomic E-state index is 15.4. The number of carboxylic acids is 1. The molecule has 38 heavy (non-hydrogen) atoms. The third-order valence-corrected chi connectivity index (χ3v) is 8.14. The van der Waals surface area contributed by atoms with Crippen LogP contribution < -0.4 is 4.74 Å². The Morgan fingerprint density at radius 2 is 1.89 bits per heavy atom. The highest BCUT2D eigenvalue weighted by molar-refractivity contribution is 7.99. The molecule has 0 amide bonds. The molecule has 204 valence electrons. The Bertz CT molecular complexity index is 1320. The van der Waals surface area contributed by atoms with Crippen LogP contribution in [0, 0.1) is 28.7 Å². The van der Waals surface area contributed by atoms with Crippen LogP contribution in [0.4, 0.5) is 22.0 Å². The van der Waals surface area contributed by atoms with E-state index < -0.39 is 40.8 Å². The summed E-state index contributed by atoms with van der Waals surface area (Å²) in [7, 11) is 1.45. The second kappa shape index (κ2) is 11.9. The molecule has 0 bridgehead atoms. The van der Waals surface area contributed by atoms with Crippen molar-refractivity contribution in [1.82, 2.24) is 9.88 Å². The molecular weight excluding hydrogens is 527 g/mol. The van der Waals surface area contributed by atoms with E-state index in [0.29, 0.717) is 42.7 Å². The summed E-state index contributed by atoms with van der Waals surface area (Å²) in [6.07, 6.45) is -0.414. The van der Waals surface area contributed by atoms with E-state index in [1.807, 2.05) is 4.90 Å². The fourth-order valence-electron chi connectivity index (χ4n) is 4.86. The standard InChI is InChI=1S/C27H27F5N2O3S/c1-37-17-2-3-22-18(14-17)24(21(31)15-33-22)19(29)4-5-27(26(35)36)6-8-34(9-7-27)10-11-38-23-13-16(28)12-20(30)25(23)32/h2-3,12-15,19H,4-11H2,1H3,(H,35,36)/t19-/m0/s1. The highest BCUT2D eigenvalue weighted by Gasteiger charge is 2.42. The van der Waals surface area contributed by atoms with Gasteiger partial charge in [-0.15, -0.1) is 11.8 Å². The number of methoxy groups -OCH3 is 1. The summed E-state index contributed by atoms with van der Waals surface area (Å²) in [5, 5.41) is 10.3. The zero-order chi connectivity index (χ0) is 27.4. The van der Waals surface area contributed by atoms with Crippen LogP contribution in [-0.2, 0) is 4.79 Å². The van der Waals surface area contributed by atoms with Crippen molar-refractivity contribution in [3.8, 4) is 5.75 Å². The summed E-state index contributed by atoms with van der Waals surface area (Å²) in [4.78, 5) is 18.1. The number of fused-ring (bicyclic) bond motifs is 1. The lowest BCUT2D eigenvalue weighted by Gasteiger charge is -2.39. The predicted molar refractivity (Wildman–Crippen MR) is 134 cm³/mol. The lowest BCUT2D eigenvalue weighted by atomic mass is 9.74. The van der Waals surface area contributed by atoms with Crippen LogP contribution in [0.1, 0.15) is 37.4 Å². The summed E-state index contributed by atoms with van der Waals surface area (Å²) < 4.78 is 75.9. The number of rotatable bonds is 10. The second-order valence-corrected chi connectivity index (χ2v) is 10.5. The lowest BCUT2D eigenvalue weighted by Crippen LogP contribution is -2.45. The number of hydrogen-bond acceptors (Lipinski definition) is 5. The maximum Gasteiger partial charge on any atom is 0.309 e. The van der Waals surface area contributed by atoms with Crippen LogP contribution in [0.5, 0.6) is 5.75 Å². The van der Waals surface area contributed by atoms with Gasteiger partial charge in [0.2, 0.25) is 0 Å². The molecule has 1 saturated heterocycles. The van der Waals surface area contributed by atoms with Crippen molar-refractivity contribution >= 4 is 28.6 Å². The smallest absolute Gasteiger partial charge is 0.309 e. The molecule has 1 aliphatic heterocycles. The van der Waals surface area contributed by atoms with E-state index in [4.69, 9.17) is 4.74 Å². The third-order valence-electron chi connectivity index (χ3n) is 7.15. The largest absolute Gasteiger partial charge is 0.497 e. The number of likely N-dealkylation sites (tertiary alicyclic amines) is 1. The minimum absolute atomic E-state index is 0.0209. The summed E-state index contributed by atoms with van der Waals surface area (Å²) in [5.41, 5.74) is -0.919. The molecule has 1 aromatic heterocycles. The molecule has 11 heteroatoms. The van der Waals surface area contributed by atoms with Gasteiger partial charge in [0.1, 0.15) is 23.6 Å². The number of ether oxygens (including phenoxy) is 1. The molecule has 0 saturated carbocycles. The molecule has 2 heterocycles. The first-order chi connectivity index (χ1) is 18.1. The highest BCUT2D eigenvalue weighted by Crippen LogP contribution is 2.41. The molecule has 3 aromatic rings. The van der Waals surface area contributed by atoms with Gasteiger partial charge in [-0.05, 0) is 63.0 Å². The van der Waals surface area contributed by atoms with E-state index in [1.165, 1.54) is 13.2 Å². The van der Waals surface area contributed by atoms with Crippen molar-refractivity contribution in [3.63, 3.8) is 0 Å². The molecule has 0 radical (unpaired) electrons. The molecule has 1 aliphatic rings. The van der Waals surface area contributed by atoms with Crippen LogP contribution >= 0.6 is 11.8 Å². The van der Waals surface area contributed by atoms with E-state index in [9.17, 15) is 27.5 Å². The van der Waals surface area contributed by atoms with Gasteiger partial charge in [0.05, 0.1) is 24.2 Å². The number of aliphatic carboxylic acids is 1. The fourth-order valence-corrected chi connectivity index (χ4v) is 5.85. The summed E-state index contributed by atoms with van der Waals surface area (Å²) in [6, 6.07) is 6.19. The number of benzene rings is 2. The number of thioether (sulfide) groups is 1. The minimum Gasteiger partial charge on any atom is -0.497 e. The van der Waals surface area contributed by atoms with Gasteiger partial charge >= 0.3 is 5.97 Å². The zero-order valence-corrected chi connectivity index (χ0v) is 21.5. The molecule has 0 aliphatic carbocycles. The Morgan fingerprint density at radius 3 is 2.58 bits per heavy atom. The minimum atomic E-state index is -1.74. The van der Waals surface area contributed by atoms with Crippen LogP contribution in [0.15, 0.2) is 41.4 Å². The highest BCUT2D eigenvalue weighted by atomic mass is 32.2. The zero-order valence-electron chi connectivity index (χ0n) is 20.7. The van der Waals surface area contributed by atoms with Gasteiger partial charge < -0.3 is 14.7 Å². The second-order valence-electron chi connectivity index (χ2n) is 9.38. The molecule has 0 spiro atoms. The van der Waals surface area contributed by atoms with Crippen LogP contribution in [0.25, 0.3) is 10.9 Å². The van der Waals surface area contributed by atoms with Gasteiger partial charge in [-0.25, -0.2) is 22.0 Å². The van der Waals surface area contributed by atoms with Crippen molar-refractivity contribution in [1.29, 1.82) is 0 Å². The van der Waals surface area contributed by atoms with Gasteiger partial charge in [0.15, 0.2) is 11.6 Å². The molecular formula is C27H27F5N2O3S. The predicted octanol–water partition coefficient (Wildman–Crippen LogP) is 6.55. The quantitative estimate of drug-likeness (QED) is 0.174. The third kappa shape index (κ3) is 6.04. The number of carboxylic acid groups (broad SMARTS) is 1. The lowest BCUT2D eigenvalue weighted by molar-refractivity contribution is -0.153. The molecule has 2 aromatic carbocycles. The van der Waals surface area contributed by atoms with Crippen LogP contribution in [-0.4, -0.2) is 53.5 Å². The van der Waals surface area contributed by atoms with E-state index in [0.717, 1.165) is 24.0 Å². The van der Waals surface area contributed by atoms with Crippen molar-refractivity contribution in [2.24, 2.45) is 5.41 Å². The summed E-state index contributed by atoms with van der Waals surface area (Å²) in [5.74, 6) is -4.26. The van der Waals surface area contributed by atoms with Gasteiger partial charge in [0, 0.05) is 34.2 Å². The SMILES string of the molecule is COc1ccc2ncc(F)c([C@@H](F)CCC3(C(=O)O)CCN(CCSc4cc(F)cc(F)c4F)CC3)c2c1. The van der Waals surface area contributed by atoms with Crippen molar-refractivity contribution < 1.29 is 36.6 Å². The van der Waals surface area contributed by atoms with E-state index >= 15 is 4.39 Å². The number of carbonyl (C=O) groups is 1. The van der Waals surface area contributed by atoms with Crippen LogP contribution in [0.3, 0.4) is 0 Å². The Balaban J connectivity index is 1.37. The molecule has 4 rings (SSSR count). The molecule has 1 N–H and O–H groups in total. The van der Waals surface area contributed by atoms with Gasteiger partial charge in [-0.1, -0.05) is 0 Å². The number of pyridine rings is 1. The Morgan fingerprint density at radius 1 is 1.16 bits per heavy atom. The number of halogens is 5. The summed E-state index contributed by atoms with van der Waals surface area (Å²) in [6.45, 7) is 1.28. The number of nitrogens with zero attached hydrogens (tertiary/aromatic N) is 2. The number of alkyl halides is 1. The first kappa shape index (κ1) is 28.1. The first-order valence-electron chi connectivity index (χ1n) is 12.1. The summed E-state index contributed by atoms with van der Waals surface area (Å²) >= 11 is 0.980. The van der Waals surface area contributed by atoms with Gasteiger partial charge in [0.25, 0.3) is 0 Å². The maximum absolute atomic E-state index is 15.4. The van der Waals surface area contributed by atoms with E-state index in [1.54, 1.807) is 12.1 Å². The monoisotopic (exact) mass is 554 g/mol. The van der Waals surface area contributed by atoms with Crippen molar-refractivity contribution in [3.05, 3.63) is 65.4 Å². The Kier molecular flexibility index (Phi) is 8.77. The average molecular weight is 555 g/mol. The number of aromatic nitrogens is 1. The van der Waals surface area contributed by atoms with E-state index in [2.05, 4.69) is 4.98 Å². The van der Waals surface area contributed by atoms with Crippen molar-refractivity contribution in [2.45, 2.75) is 36.8 Å². The molecule has 5 nitrogen and oxygen atoms in total. The number of piperidine rings is 1. The Labute approximate surface area is 221 Å². The van der Waals surface area contributed by atoms with Crippen LogP contribution in [0.2, 0.25) is 0 Å². The van der Waals surface area contributed by atoms with Gasteiger partial charge in [-0.2, -0.15) is 0 Å².